The van der Waals surface area contributed by atoms with E-state index in [1.54, 1.807) is 6.92 Å². The fourth-order valence-electron chi connectivity index (χ4n) is 3.23. The van der Waals surface area contributed by atoms with Crippen LogP contribution >= 0.6 is 0 Å². The van der Waals surface area contributed by atoms with Gasteiger partial charge in [0.2, 0.25) is 11.8 Å². The molecule has 2 N–H and O–H groups in total. The summed E-state index contributed by atoms with van der Waals surface area (Å²) in [6, 6.07) is 0.376. The highest BCUT2D eigenvalue weighted by atomic mass is 16.2. The van der Waals surface area contributed by atoms with E-state index in [0.29, 0.717) is 44.6 Å². The molecule has 20 heavy (non-hydrogen) atoms. The topological polar surface area (TPSA) is 66.6 Å². The van der Waals surface area contributed by atoms with Crippen LogP contribution in [0.5, 0.6) is 0 Å². The Morgan fingerprint density at radius 2 is 1.55 bits per heavy atom. The number of amides is 2. The summed E-state index contributed by atoms with van der Waals surface area (Å²) < 4.78 is 0. The number of nitrogens with zero attached hydrogens (tertiary/aromatic N) is 2. The van der Waals surface area contributed by atoms with Gasteiger partial charge in [-0.15, -0.1) is 0 Å². The molecule has 0 spiro atoms. The molecule has 1 saturated carbocycles. The average Bonchev–Trinajstić information content (AvgIpc) is 2.46. The van der Waals surface area contributed by atoms with Crippen LogP contribution in [0.15, 0.2) is 0 Å². The zero-order chi connectivity index (χ0) is 14.5. The first kappa shape index (κ1) is 15.3. The fraction of sp³-hybridized carbons (Fsp3) is 0.867. The Hall–Kier alpha value is -1.10. The SMILES string of the molecule is CC(=O)N1CCN(C(=O)CCC2CCC(N)CC2)CC1. The van der Waals surface area contributed by atoms with E-state index in [2.05, 4.69) is 0 Å². The van der Waals surface area contributed by atoms with Gasteiger partial charge in [0, 0.05) is 45.6 Å². The van der Waals surface area contributed by atoms with Crippen molar-refractivity contribution in [2.45, 2.75) is 51.5 Å². The highest BCUT2D eigenvalue weighted by Crippen LogP contribution is 2.27. The summed E-state index contributed by atoms with van der Waals surface area (Å²) in [6.45, 7) is 4.33. The fourth-order valence-corrected chi connectivity index (χ4v) is 3.23. The van der Waals surface area contributed by atoms with Gasteiger partial charge in [-0.25, -0.2) is 0 Å². The van der Waals surface area contributed by atoms with E-state index in [1.807, 2.05) is 9.80 Å². The van der Waals surface area contributed by atoms with Gasteiger partial charge < -0.3 is 15.5 Å². The first-order chi connectivity index (χ1) is 9.56. The molecule has 2 rings (SSSR count). The molecule has 0 bridgehead atoms. The summed E-state index contributed by atoms with van der Waals surface area (Å²) in [7, 11) is 0. The normalized spacial score (nSPS) is 27.5. The molecule has 0 aromatic rings. The first-order valence-corrected chi connectivity index (χ1v) is 7.85. The van der Waals surface area contributed by atoms with Crippen LogP contribution < -0.4 is 5.73 Å². The molecule has 1 saturated heterocycles. The molecule has 0 radical (unpaired) electrons. The molecule has 0 aromatic heterocycles. The maximum atomic E-state index is 12.2. The summed E-state index contributed by atoms with van der Waals surface area (Å²) in [5, 5.41) is 0. The highest BCUT2D eigenvalue weighted by molar-refractivity contribution is 5.77. The van der Waals surface area contributed by atoms with E-state index >= 15 is 0 Å². The van der Waals surface area contributed by atoms with Gasteiger partial charge in [0.05, 0.1) is 0 Å². The molecule has 0 unspecified atom stereocenters. The van der Waals surface area contributed by atoms with Gasteiger partial charge in [-0.3, -0.25) is 9.59 Å². The van der Waals surface area contributed by atoms with Crippen molar-refractivity contribution < 1.29 is 9.59 Å². The standard InChI is InChI=1S/C15H27N3O2/c1-12(19)17-8-10-18(11-9-17)15(20)7-4-13-2-5-14(16)6-3-13/h13-14H,2-11,16H2,1H3. The predicted molar refractivity (Wildman–Crippen MR) is 78.0 cm³/mol. The van der Waals surface area contributed by atoms with Crippen molar-refractivity contribution in [2.24, 2.45) is 11.7 Å². The van der Waals surface area contributed by atoms with Crippen molar-refractivity contribution in [1.29, 1.82) is 0 Å². The second-order valence-corrected chi connectivity index (χ2v) is 6.21. The van der Waals surface area contributed by atoms with E-state index in [0.717, 1.165) is 19.3 Å². The summed E-state index contributed by atoms with van der Waals surface area (Å²) >= 11 is 0. The third-order valence-corrected chi connectivity index (χ3v) is 4.74. The molecule has 114 valence electrons. The minimum absolute atomic E-state index is 0.107. The van der Waals surface area contributed by atoms with Crippen LogP contribution in [-0.2, 0) is 9.59 Å². The molecule has 1 aliphatic heterocycles. The predicted octanol–water partition coefficient (Wildman–Crippen LogP) is 0.975. The zero-order valence-electron chi connectivity index (χ0n) is 12.5. The molecule has 0 atom stereocenters. The number of hydrogen-bond acceptors (Lipinski definition) is 3. The molecule has 2 amide bonds. The van der Waals surface area contributed by atoms with Crippen molar-refractivity contribution in [3.63, 3.8) is 0 Å². The van der Waals surface area contributed by atoms with Gasteiger partial charge in [0.1, 0.15) is 0 Å². The van der Waals surface area contributed by atoms with Crippen molar-refractivity contribution in [1.82, 2.24) is 9.80 Å². The third-order valence-electron chi connectivity index (χ3n) is 4.74. The lowest BCUT2D eigenvalue weighted by atomic mass is 9.83. The van der Waals surface area contributed by atoms with Crippen molar-refractivity contribution in [2.75, 3.05) is 26.2 Å². The first-order valence-electron chi connectivity index (χ1n) is 7.85. The maximum Gasteiger partial charge on any atom is 0.222 e. The minimum Gasteiger partial charge on any atom is -0.339 e. The summed E-state index contributed by atoms with van der Waals surface area (Å²) in [5.74, 6) is 1.04. The van der Waals surface area contributed by atoms with Crippen LogP contribution in [0.2, 0.25) is 0 Å². The Labute approximate surface area is 121 Å². The van der Waals surface area contributed by atoms with Crippen LogP contribution in [0.1, 0.15) is 45.4 Å². The number of carbonyl (C=O) groups is 2. The second kappa shape index (κ2) is 7.07. The molecule has 5 nitrogen and oxygen atoms in total. The Balaban J connectivity index is 1.67. The van der Waals surface area contributed by atoms with Crippen LogP contribution in [0, 0.1) is 5.92 Å². The van der Waals surface area contributed by atoms with Gasteiger partial charge in [-0.2, -0.15) is 0 Å². The number of carbonyl (C=O) groups excluding carboxylic acids is 2. The van der Waals surface area contributed by atoms with Crippen molar-refractivity contribution in [3.05, 3.63) is 0 Å². The van der Waals surface area contributed by atoms with E-state index in [-0.39, 0.29) is 11.8 Å². The molecular weight excluding hydrogens is 254 g/mol. The summed E-state index contributed by atoms with van der Waals surface area (Å²) in [4.78, 5) is 27.1. The van der Waals surface area contributed by atoms with Gasteiger partial charge in [0.15, 0.2) is 0 Å². The van der Waals surface area contributed by atoms with Gasteiger partial charge >= 0.3 is 0 Å². The lowest BCUT2D eigenvalue weighted by Gasteiger charge is -2.34. The lowest BCUT2D eigenvalue weighted by Crippen LogP contribution is -2.50. The Morgan fingerprint density at radius 3 is 2.10 bits per heavy atom. The third kappa shape index (κ3) is 4.20. The van der Waals surface area contributed by atoms with E-state index in [4.69, 9.17) is 5.73 Å². The monoisotopic (exact) mass is 281 g/mol. The van der Waals surface area contributed by atoms with E-state index < -0.39 is 0 Å². The molecule has 1 aliphatic carbocycles. The van der Waals surface area contributed by atoms with Gasteiger partial charge in [-0.05, 0) is 38.0 Å². The molecular formula is C15H27N3O2. The average molecular weight is 281 g/mol. The summed E-state index contributed by atoms with van der Waals surface area (Å²) in [6.07, 6.45) is 6.21. The van der Waals surface area contributed by atoms with Gasteiger partial charge in [-0.1, -0.05) is 0 Å². The number of rotatable bonds is 3. The van der Waals surface area contributed by atoms with Crippen LogP contribution in [0.25, 0.3) is 0 Å². The van der Waals surface area contributed by atoms with Crippen LogP contribution in [0.4, 0.5) is 0 Å². The van der Waals surface area contributed by atoms with Crippen molar-refractivity contribution >= 4 is 11.8 Å². The van der Waals surface area contributed by atoms with Crippen LogP contribution in [-0.4, -0.2) is 53.8 Å². The maximum absolute atomic E-state index is 12.2. The van der Waals surface area contributed by atoms with Crippen LogP contribution in [0.3, 0.4) is 0 Å². The van der Waals surface area contributed by atoms with Crippen molar-refractivity contribution in [3.8, 4) is 0 Å². The Kier molecular flexibility index (Phi) is 5.40. The van der Waals surface area contributed by atoms with E-state index in [1.165, 1.54) is 12.8 Å². The Morgan fingerprint density at radius 1 is 1.00 bits per heavy atom. The zero-order valence-corrected chi connectivity index (χ0v) is 12.5. The van der Waals surface area contributed by atoms with E-state index in [9.17, 15) is 9.59 Å². The number of nitrogens with two attached hydrogens (primary N) is 1. The highest BCUT2D eigenvalue weighted by Gasteiger charge is 2.24. The second-order valence-electron chi connectivity index (χ2n) is 6.21. The summed E-state index contributed by atoms with van der Waals surface area (Å²) in [5.41, 5.74) is 5.90. The molecule has 1 heterocycles. The molecule has 0 aromatic carbocycles. The largest absolute Gasteiger partial charge is 0.339 e. The minimum atomic E-state index is 0.107. The number of piperazine rings is 1. The molecule has 2 fully saturated rings. The molecule has 2 aliphatic rings. The quantitative estimate of drug-likeness (QED) is 0.838. The lowest BCUT2D eigenvalue weighted by molar-refractivity contribution is -0.138. The molecule has 5 heteroatoms. The smallest absolute Gasteiger partial charge is 0.222 e. The van der Waals surface area contributed by atoms with Gasteiger partial charge in [0.25, 0.3) is 0 Å². The Bertz CT molecular complexity index is 343. The number of hydrogen-bond donors (Lipinski definition) is 1.